The molecule has 5 rings (SSSR count). The number of unbranched alkanes of at least 4 members (excludes halogenated alkanes) is 1. The van der Waals surface area contributed by atoms with Gasteiger partial charge in [-0.2, -0.15) is 0 Å². The summed E-state index contributed by atoms with van der Waals surface area (Å²) < 4.78 is 6.17. The third-order valence-electron chi connectivity index (χ3n) is 7.71. The summed E-state index contributed by atoms with van der Waals surface area (Å²) in [6.07, 6.45) is 7.47. The molecule has 182 valence electrons. The average molecular weight is 464 g/mol. The number of benzene rings is 1. The zero-order chi connectivity index (χ0) is 23.5. The normalized spacial score (nSPS) is 24.9. The molecule has 0 radical (unpaired) electrons. The van der Waals surface area contributed by atoms with E-state index in [9.17, 15) is 9.90 Å². The Hall–Kier alpha value is -2.44. The SMILES string of the molecule is C[C@H]1CC1c1ccccc1C(C(=O)O)N1CC[C@@H](OCCCCc2ccc3c(n2)NCCC3)C1. The fourth-order valence-corrected chi connectivity index (χ4v) is 5.63. The van der Waals surface area contributed by atoms with Gasteiger partial charge in [0.1, 0.15) is 11.9 Å². The van der Waals surface area contributed by atoms with Crippen molar-refractivity contribution in [3.63, 3.8) is 0 Å². The molecule has 2 fully saturated rings. The molecular weight excluding hydrogens is 426 g/mol. The zero-order valence-electron chi connectivity index (χ0n) is 20.2. The molecule has 4 atom stereocenters. The zero-order valence-corrected chi connectivity index (χ0v) is 20.2. The summed E-state index contributed by atoms with van der Waals surface area (Å²) in [5, 5.41) is 13.5. The number of carboxylic acids is 1. The monoisotopic (exact) mass is 463 g/mol. The summed E-state index contributed by atoms with van der Waals surface area (Å²) >= 11 is 0. The summed E-state index contributed by atoms with van der Waals surface area (Å²) in [5.41, 5.74) is 4.67. The van der Waals surface area contributed by atoms with Gasteiger partial charge in [0, 0.05) is 31.9 Å². The van der Waals surface area contributed by atoms with Crippen LogP contribution in [0.25, 0.3) is 0 Å². The third kappa shape index (κ3) is 5.28. The molecule has 2 aromatic rings. The van der Waals surface area contributed by atoms with Crippen LogP contribution in [0.2, 0.25) is 0 Å². The number of nitrogens with one attached hydrogen (secondary N) is 1. The number of hydrogen-bond donors (Lipinski definition) is 2. The number of hydrogen-bond acceptors (Lipinski definition) is 5. The second kappa shape index (κ2) is 10.4. The molecule has 1 aromatic carbocycles. The van der Waals surface area contributed by atoms with Crippen molar-refractivity contribution in [3.05, 3.63) is 58.8 Å². The van der Waals surface area contributed by atoms with Crippen LogP contribution in [-0.2, 0) is 22.4 Å². The van der Waals surface area contributed by atoms with Crippen molar-refractivity contribution in [2.75, 3.05) is 31.6 Å². The van der Waals surface area contributed by atoms with Crippen molar-refractivity contribution in [3.8, 4) is 0 Å². The van der Waals surface area contributed by atoms with Crippen LogP contribution in [0.1, 0.15) is 73.4 Å². The molecular formula is C28H37N3O3. The number of aryl methyl sites for hydroxylation is 2. The number of carbonyl (C=O) groups is 1. The number of likely N-dealkylation sites (tertiary alicyclic amines) is 1. The smallest absolute Gasteiger partial charge is 0.325 e. The van der Waals surface area contributed by atoms with Gasteiger partial charge in [-0.3, -0.25) is 9.69 Å². The Bertz CT molecular complexity index is 1010. The first kappa shape index (κ1) is 23.3. The number of aliphatic carboxylic acids is 1. The van der Waals surface area contributed by atoms with Crippen molar-refractivity contribution >= 4 is 11.8 Å². The molecule has 6 heteroatoms. The van der Waals surface area contributed by atoms with E-state index in [1.807, 2.05) is 18.2 Å². The van der Waals surface area contributed by atoms with Crippen molar-refractivity contribution in [1.29, 1.82) is 0 Å². The average Bonchev–Trinajstić information content (AvgIpc) is 3.39. The van der Waals surface area contributed by atoms with Gasteiger partial charge >= 0.3 is 5.97 Å². The highest BCUT2D eigenvalue weighted by Crippen LogP contribution is 2.49. The Labute approximate surface area is 202 Å². The summed E-state index contributed by atoms with van der Waals surface area (Å²) in [7, 11) is 0. The van der Waals surface area contributed by atoms with E-state index >= 15 is 0 Å². The predicted octanol–water partition coefficient (Wildman–Crippen LogP) is 4.80. The lowest BCUT2D eigenvalue weighted by atomic mass is 9.95. The van der Waals surface area contributed by atoms with Crippen LogP contribution in [0, 0.1) is 5.92 Å². The van der Waals surface area contributed by atoms with Crippen molar-refractivity contribution < 1.29 is 14.6 Å². The minimum Gasteiger partial charge on any atom is -0.480 e. The van der Waals surface area contributed by atoms with Crippen LogP contribution in [-0.4, -0.2) is 53.3 Å². The van der Waals surface area contributed by atoms with E-state index in [2.05, 4.69) is 35.3 Å². The Morgan fingerprint density at radius 3 is 2.94 bits per heavy atom. The topological polar surface area (TPSA) is 74.7 Å². The van der Waals surface area contributed by atoms with Crippen molar-refractivity contribution in [2.24, 2.45) is 5.92 Å². The van der Waals surface area contributed by atoms with Gasteiger partial charge in [-0.1, -0.05) is 37.3 Å². The number of aromatic nitrogens is 1. The number of pyridine rings is 1. The highest BCUT2D eigenvalue weighted by molar-refractivity contribution is 5.76. The second-order valence-electron chi connectivity index (χ2n) is 10.3. The Morgan fingerprint density at radius 1 is 1.26 bits per heavy atom. The molecule has 3 aliphatic rings. The maximum absolute atomic E-state index is 12.3. The van der Waals surface area contributed by atoms with Gasteiger partial charge in [0.25, 0.3) is 0 Å². The van der Waals surface area contributed by atoms with Crippen molar-refractivity contribution in [1.82, 2.24) is 9.88 Å². The molecule has 6 nitrogen and oxygen atoms in total. The molecule has 2 unspecified atom stereocenters. The second-order valence-corrected chi connectivity index (χ2v) is 10.3. The van der Waals surface area contributed by atoms with E-state index in [1.165, 1.54) is 17.5 Å². The van der Waals surface area contributed by atoms with Gasteiger partial charge in [0.05, 0.1) is 6.10 Å². The molecule has 3 heterocycles. The minimum absolute atomic E-state index is 0.111. The number of ether oxygens (including phenoxy) is 1. The maximum Gasteiger partial charge on any atom is 0.325 e. The van der Waals surface area contributed by atoms with Gasteiger partial charge in [0.2, 0.25) is 0 Å². The third-order valence-corrected chi connectivity index (χ3v) is 7.71. The molecule has 1 saturated heterocycles. The summed E-state index contributed by atoms with van der Waals surface area (Å²) in [6, 6.07) is 11.9. The Morgan fingerprint density at radius 2 is 2.12 bits per heavy atom. The number of fused-ring (bicyclic) bond motifs is 1. The molecule has 0 bridgehead atoms. The standard InChI is InChI=1S/C28H37N3O3/c1-19-17-25(19)23-9-2-3-10-24(23)26(28(32)33)31-15-13-22(18-31)34-16-5-4-8-21-12-11-20-7-6-14-29-27(20)30-21/h2-3,9-12,19,22,25-26H,4-8,13-18H2,1H3,(H,29,30)(H,32,33)/t19-,22+,25?,26?/m0/s1. The lowest BCUT2D eigenvalue weighted by Crippen LogP contribution is -2.34. The van der Waals surface area contributed by atoms with Crippen LogP contribution >= 0.6 is 0 Å². The molecule has 2 aliphatic heterocycles. The van der Waals surface area contributed by atoms with E-state index in [0.717, 1.165) is 75.3 Å². The number of anilines is 1. The van der Waals surface area contributed by atoms with Gasteiger partial charge in [-0.25, -0.2) is 4.98 Å². The number of rotatable bonds is 10. The fourth-order valence-electron chi connectivity index (χ4n) is 5.63. The van der Waals surface area contributed by atoms with Gasteiger partial charge in [-0.15, -0.1) is 0 Å². The maximum atomic E-state index is 12.3. The van der Waals surface area contributed by atoms with Crippen LogP contribution in [0.15, 0.2) is 36.4 Å². The highest BCUT2D eigenvalue weighted by atomic mass is 16.5. The van der Waals surface area contributed by atoms with Crippen LogP contribution in [0.3, 0.4) is 0 Å². The van der Waals surface area contributed by atoms with Gasteiger partial charge < -0.3 is 15.2 Å². The van der Waals surface area contributed by atoms with E-state index in [-0.39, 0.29) is 6.10 Å². The summed E-state index contributed by atoms with van der Waals surface area (Å²) in [4.78, 5) is 19.2. The minimum atomic E-state index is -0.756. The van der Waals surface area contributed by atoms with Crippen LogP contribution in [0.5, 0.6) is 0 Å². The molecule has 1 saturated carbocycles. The molecule has 34 heavy (non-hydrogen) atoms. The molecule has 0 amide bonds. The number of nitrogens with zero attached hydrogens (tertiary/aromatic N) is 2. The first-order valence-electron chi connectivity index (χ1n) is 13.0. The summed E-state index contributed by atoms with van der Waals surface area (Å²) in [5.74, 6) is 1.47. The molecule has 2 N–H and O–H groups in total. The molecule has 0 spiro atoms. The van der Waals surface area contributed by atoms with Crippen LogP contribution < -0.4 is 5.32 Å². The predicted molar refractivity (Wildman–Crippen MR) is 133 cm³/mol. The highest BCUT2D eigenvalue weighted by Gasteiger charge is 2.40. The van der Waals surface area contributed by atoms with E-state index in [0.29, 0.717) is 18.4 Å². The molecule has 1 aliphatic carbocycles. The first-order valence-corrected chi connectivity index (χ1v) is 13.0. The largest absolute Gasteiger partial charge is 0.480 e. The molecule has 1 aromatic heterocycles. The summed E-state index contributed by atoms with van der Waals surface area (Å²) in [6.45, 7) is 5.43. The van der Waals surface area contributed by atoms with Gasteiger partial charge in [0.15, 0.2) is 0 Å². The lowest BCUT2D eigenvalue weighted by Gasteiger charge is -2.26. The van der Waals surface area contributed by atoms with Crippen molar-refractivity contribution in [2.45, 2.75) is 69.9 Å². The Balaban J connectivity index is 1.09. The van der Waals surface area contributed by atoms with E-state index in [4.69, 9.17) is 9.72 Å². The van der Waals surface area contributed by atoms with Crippen LogP contribution in [0.4, 0.5) is 5.82 Å². The van der Waals surface area contributed by atoms with E-state index < -0.39 is 12.0 Å². The van der Waals surface area contributed by atoms with Gasteiger partial charge in [-0.05, 0) is 79.5 Å². The lowest BCUT2D eigenvalue weighted by molar-refractivity contribution is -0.143. The quantitative estimate of drug-likeness (QED) is 0.493. The fraction of sp³-hybridized carbons (Fsp3) is 0.571. The number of carboxylic acid groups (broad SMARTS) is 1. The van der Waals surface area contributed by atoms with E-state index in [1.54, 1.807) is 0 Å². The first-order chi connectivity index (χ1) is 16.6. The Kier molecular flexibility index (Phi) is 7.16.